The van der Waals surface area contributed by atoms with E-state index in [2.05, 4.69) is 18.7 Å². The van der Waals surface area contributed by atoms with E-state index in [1.54, 1.807) is 12.1 Å². The Morgan fingerprint density at radius 1 is 1.07 bits per heavy atom. The quantitative estimate of drug-likeness (QED) is 0.169. The molecule has 0 unspecified atom stereocenters. The van der Waals surface area contributed by atoms with E-state index in [0.29, 0.717) is 22.6 Å². The van der Waals surface area contributed by atoms with Gasteiger partial charge in [0.15, 0.2) is 0 Å². The highest BCUT2D eigenvalue weighted by Crippen LogP contribution is 2.38. The summed E-state index contributed by atoms with van der Waals surface area (Å²) in [5.74, 6) is -0.00586. The predicted octanol–water partition coefficient (Wildman–Crippen LogP) is 4.79. The molecule has 0 aliphatic carbocycles. The lowest BCUT2D eigenvalue weighted by Crippen LogP contribution is -2.17. The van der Waals surface area contributed by atoms with E-state index >= 15 is 0 Å². The van der Waals surface area contributed by atoms with E-state index in [0.717, 1.165) is 31.2 Å². The summed E-state index contributed by atoms with van der Waals surface area (Å²) in [4.78, 5) is 26.8. The second-order valence-electron chi connectivity index (χ2n) is 8.09. The number of hydrogen-bond donors (Lipinski definition) is 2. The Kier molecular flexibility index (Phi) is 6.14. The molecule has 0 radical (unpaired) electrons. The Morgan fingerprint density at radius 3 is 2.53 bits per heavy atom. The minimum atomic E-state index is -0.780. The van der Waals surface area contributed by atoms with Crippen molar-refractivity contribution in [2.24, 2.45) is 0 Å². The highest BCUT2D eigenvalue weighted by Gasteiger charge is 2.23. The third-order valence-electron chi connectivity index (χ3n) is 5.45. The van der Waals surface area contributed by atoms with Crippen LogP contribution in [0.5, 0.6) is 11.5 Å². The van der Waals surface area contributed by atoms with Crippen molar-refractivity contribution in [3.63, 3.8) is 0 Å². The maximum absolute atomic E-state index is 12.3. The van der Waals surface area contributed by atoms with Crippen molar-refractivity contribution >= 4 is 21.7 Å². The van der Waals surface area contributed by atoms with Crippen LogP contribution in [-0.4, -0.2) is 21.9 Å². The first kappa shape index (κ1) is 21.4. The molecule has 2 aromatic carbocycles. The molecular formula is C22H25NO7. The third-order valence-corrected chi connectivity index (χ3v) is 5.45. The highest BCUT2D eigenvalue weighted by atomic mass is 16.9. The smallest absolute Gasteiger partial charge is 0.344 e. The molecule has 0 saturated carbocycles. The van der Waals surface area contributed by atoms with Gasteiger partial charge in [0.05, 0.1) is 17.4 Å². The molecule has 160 valence electrons. The predicted molar refractivity (Wildman–Crippen MR) is 112 cm³/mol. The summed E-state index contributed by atoms with van der Waals surface area (Å²) in [5, 5.41) is 31.0. The lowest BCUT2D eigenvalue weighted by Gasteiger charge is -2.26. The summed E-state index contributed by atoms with van der Waals surface area (Å²) in [6.07, 6.45) is 4.09. The zero-order valence-electron chi connectivity index (χ0n) is 17.0. The molecule has 0 aliphatic heterocycles. The van der Waals surface area contributed by atoms with Gasteiger partial charge in [-0.1, -0.05) is 33.1 Å². The lowest BCUT2D eigenvalue weighted by molar-refractivity contribution is -0.757. The van der Waals surface area contributed by atoms with Crippen LogP contribution in [0.15, 0.2) is 39.5 Å². The Morgan fingerprint density at radius 2 is 1.80 bits per heavy atom. The zero-order valence-corrected chi connectivity index (χ0v) is 17.0. The summed E-state index contributed by atoms with van der Waals surface area (Å²) < 4.78 is 5.45. The molecule has 3 rings (SSSR count). The standard InChI is InChI=1S/C22H25NO7/c1-22(2,9-5-3-4-6-10-29-23(27)28)14-11-18(25)20-17-13-15(24)7-8-16(17)21(26)30-19(20)12-14/h7-8,11-13,24-25H,3-6,9-10H2,1-2H3. The van der Waals surface area contributed by atoms with Gasteiger partial charge in [0.25, 0.3) is 5.09 Å². The van der Waals surface area contributed by atoms with Gasteiger partial charge in [-0.3, -0.25) is 0 Å². The molecule has 0 saturated heterocycles. The van der Waals surface area contributed by atoms with Crippen molar-refractivity contribution in [3.05, 3.63) is 56.4 Å². The number of nitrogens with zero attached hydrogens (tertiary/aromatic N) is 1. The topological polar surface area (TPSA) is 123 Å². The number of phenolic OH excluding ortho intramolecular Hbond substituents is 2. The van der Waals surface area contributed by atoms with Gasteiger partial charge in [0, 0.05) is 5.39 Å². The normalized spacial score (nSPS) is 11.8. The van der Waals surface area contributed by atoms with Crippen LogP contribution in [0.3, 0.4) is 0 Å². The van der Waals surface area contributed by atoms with Gasteiger partial charge in [0.2, 0.25) is 0 Å². The van der Waals surface area contributed by atoms with Crippen molar-refractivity contribution in [1.29, 1.82) is 0 Å². The van der Waals surface area contributed by atoms with E-state index in [1.165, 1.54) is 18.2 Å². The largest absolute Gasteiger partial charge is 0.508 e. The number of hydrogen-bond acceptors (Lipinski definition) is 7. The van der Waals surface area contributed by atoms with Crippen LogP contribution in [0, 0.1) is 10.1 Å². The molecule has 0 aliphatic rings. The van der Waals surface area contributed by atoms with Crippen molar-refractivity contribution in [2.45, 2.75) is 51.4 Å². The van der Waals surface area contributed by atoms with Crippen LogP contribution >= 0.6 is 0 Å². The Labute approximate surface area is 172 Å². The number of rotatable bonds is 9. The van der Waals surface area contributed by atoms with E-state index in [1.807, 2.05) is 0 Å². The number of unbranched alkanes of at least 4 members (excludes halogenated alkanes) is 3. The highest BCUT2D eigenvalue weighted by molar-refractivity contribution is 6.08. The average molecular weight is 415 g/mol. The SMILES string of the molecule is CC(C)(CCCCCCO[N+](=O)[O-])c1cc(O)c2c(c1)oc(=O)c1ccc(O)cc12. The first-order valence-corrected chi connectivity index (χ1v) is 9.89. The molecule has 0 atom stereocenters. The summed E-state index contributed by atoms with van der Waals surface area (Å²) in [7, 11) is 0. The first-order valence-electron chi connectivity index (χ1n) is 9.89. The van der Waals surface area contributed by atoms with Crippen molar-refractivity contribution in [3.8, 4) is 11.5 Å². The van der Waals surface area contributed by atoms with Crippen LogP contribution in [0.4, 0.5) is 0 Å². The van der Waals surface area contributed by atoms with Crippen LogP contribution in [-0.2, 0) is 10.3 Å². The number of fused-ring (bicyclic) bond motifs is 3. The average Bonchev–Trinajstić information content (AvgIpc) is 2.66. The van der Waals surface area contributed by atoms with Crippen LogP contribution < -0.4 is 5.63 Å². The molecular weight excluding hydrogens is 390 g/mol. The third kappa shape index (κ3) is 4.64. The van der Waals surface area contributed by atoms with Crippen molar-refractivity contribution < 1.29 is 24.6 Å². The summed E-state index contributed by atoms with van der Waals surface area (Å²) in [5.41, 5.74) is 0.309. The minimum Gasteiger partial charge on any atom is -0.508 e. The molecule has 0 fully saturated rings. The van der Waals surface area contributed by atoms with Crippen LogP contribution in [0.25, 0.3) is 21.7 Å². The van der Waals surface area contributed by atoms with Gasteiger partial charge in [-0.15, -0.1) is 10.1 Å². The van der Waals surface area contributed by atoms with Gasteiger partial charge >= 0.3 is 5.63 Å². The van der Waals surface area contributed by atoms with Gasteiger partial charge in [-0.25, -0.2) is 4.79 Å². The first-order chi connectivity index (χ1) is 14.2. The van der Waals surface area contributed by atoms with Crippen LogP contribution in [0.2, 0.25) is 0 Å². The second kappa shape index (κ2) is 8.61. The fourth-order valence-electron chi connectivity index (χ4n) is 3.72. The lowest BCUT2D eigenvalue weighted by atomic mass is 9.79. The molecule has 30 heavy (non-hydrogen) atoms. The molecule has 2 N–H and O–H groups in total. The van der Waals surface area contributed by atoms with Crippen LogP contribution in [0.1, 0.15) is 51.5 Å². The molecule has 0 bridgehead atoms. The molecule has 1 aromatic heterocycles. The molecule has 8 nitrogen and oxygen atoms in total. The maximum atomic E-state index is 12.3. The fraction of sp³-hybridized carbons (Fsp3) is 0.409. The fourth-order valence-corrected chi connectivity index (χ4v) is 3.72. The van der Waals surface area contributed by atoms with E-state index in [-0.39, 0.29) is 29.1 Å². The molecule has 0 spiro atoms. The van der Waals surface area contributed by atoms with Gasteiger partial charge in [0.1, 0.15) is 17.1 Å². The Bertz CT molecular complexity index is 1130. The second-order valence-corrected chi connectivity index (χ2v) is 8.09. The summed E-state index contributed by atoms with van der Waals surface area (Å²) >= 11 is 0. The number of benzene rings is 2. The molecule has 0 amide bonds. The molecule has 8 heteroatoms. The van der Waals surface area contributed by atoms with Crippen molar-refractivity contribution in [2.75, 3.05) is 6.61 Å². The Hall–Kier alpha value is -3.29. The van der Waals surface area contributed by atoms with Crippen molar-refractivity contribution in [1.82, 2.24) is 0 Å². The number of phenols is 2. The monoisotopic (exact) mass is 415 g/mol. The molecule has 1 heterocycles. The van der Waals surface area contributed by atoms with E-state index in [4.69, 9.17) is 4.42 Å². The zero-order chi connectivity index (χ0) is 21.9. The van der Waals surface area contributed by atoms with Gasteiger partial charge < -0.3 is 19.5 Å². The Balaban J connectivity index is 1.79. The number of aromatic hydroxyl groups is 2. The summed E-state index contributed by atoms with van der Waals surface area (Å²) in [6.45, 7) is 4.21. The minimum absolute atomic E-state index is 0.00168. The van der Waals surface area contributed by atoms with Gasteiger partial charge in [-0.05, 0) is 54.2 Å². The molecule has 3 aromatic rings. The maximum Gasteiger partial charge on any atom is 0.344 e. The summed E-state index contributed by atoms with van der Waals surface area (Å²) in [6, 6.07) is 7.77. The van der Waals surface area contributed by atoms with E-state index < -0.39 is 10.7 Å². The van der Waals surface area contributed by atoms with E-state index in [9.17, 15) is 25.1 Å². The van der Waals surface area contributed by atoms with Gasteiger partial charge in [-0.2, -0.15) is 0 Å².